The fourth-order valence-corrected chi connectivity index (χ4v) is 2.11. The lowest BCUT2D eigenvalue weighted by Gasteiger charge is -2.14. The Morgan fingerprint density at radius 3 is 2.25 bits per heavy atom. The average molecular weight is 322 g/mol. The van der Waals surface area contributed by atoms with Crippen LogP contribution in [0.2, 0.25) is 10.0 Å². The Bertz CT molecular complexity index is 498. The van der Waals surface area contributed by atoms with Gasteiger partial charge in [0.15, 0.2) is 11.8 Å². The van der Waals surface area contributed by atoms with Gasteiger partial charge in [0.2, 0.25) is 0 Å². The number of carboxylic acid groups (broad SMARTS) is 1. The van der Waals surface area contributed by atoms with Crippen molar-refractivity contribution in [3.05, 3.63) is 27.7 Å². The Morgan fingerprint density at radius 1 is 1.30 bits per heavy atom. The van der Waals surface area contributed by atoms with E-state index < -0.39 is 17.9 Å². The van der Waals surface area contributed by atoms with Crippen LogP contribution in [-0.4, -0.2) is 43.9 Å². The summed E-state index contributed by atoms with van der Waals surface area (Å²) in [7, 11) is 2.73. The van der Waals surface area contributed by atoms with Crippen LogP contribution in [0.5, 0.6) is 5.75 Å². The normalized spacial score (nSPS) is 11.8. The molecule has 0 saturated carbocycles. The predicted molar refractivity (Wildman–Crippen MR) is 73.8 cm³/mol. The molecule has 1 amide bonds. The standard InChI is InChI=1S/C12H13Cl2NO5/c1-19-5-9(12(17)18)15-11(16)6-3-7(13)10(20-2)8(14)4-6/h3-4,9H,5H2,1-2H3,(H,15,16)(H,17,18). The number of nitrogens with one attached hydrogen (secondary N) is 1. The summed E-state index contributed by atoms with van der Waals surface area (Å²) in [5.41, 5.74) is 0.128. The fraction of sp³-hybridized carbons (Fsp3) is 0.333. The van der Waals surface area contributed by atoms with Gasteiger partial charge in [-0.1, -0.05) is 23.2 Å². The van der Waals surface area contributed by atoms with Crippen LogP contribution in [0.3, 0.4) is 0 Å². The van der Waals surface area contributed by atoms with E-state index in [2.05, 4.69) is 5.32 Å². The number of carbonyl (C=O) groups excluding carboxylic acids is 1. The Morgan fingerprint density at radius 2 is 1.85 bits per heavy atom. The SMILES string of the molecule is COCC(NC(=O)c1cc(Cl)c(OC)c(Cl)c1)C(=O)O. The molecule has 0 aliphatic heterocycles. The molecular weight excluding hydrogens is 309 g/mol. The number of methoxy groups -OCH3 is 2. The molecule has 0 radical (unpaired) electrons. The molecule has 110 valence electrons. The summed E-state index contributed by atoms with van der Waals surface area (Å²) < 4.78 is 9.68. The van der Waals surface area contributed by atoms with Crippen LogP contribution < -0.4 is 10.1 Å². The monoisotopic (exact) mass is 321 g/mol. The zero-order valence-electron chi connectivity index (χ0n) is 10.8. The van der Waals surface area contributed by atoms with E-state index in [1.54, 1.807) is 0 Å². The second-order valence-corrected chi connectivity index (χ2v) is 4.61. The van der Waals surface area contributed by atoms with Crippen molar-refractivity contribution >= 4 is 35.1 Å². The predicted octanol–water partition coefficient (Wildman–Crippen LogP) is 1.83. The largest absolute Gasteiger partial charge is 0.494 e. The number of carboxylic acids is 1. The van der Waals surface area contributed by atoms with Gasteiger partial charge in [-0.2, -0.15) is 0 Å². The number of rotatable bonds is 6. The van der Waals surface area contributed by atoms with Crippen molar-refractivity contribution in [1.82, 2.24) is 5.32 Å². The second-order valence-electron chi connectivity index (χ2n) is 3.79. The van der Waals surface area contributed by atoms with Gasteiger partial charge in [-0.15, -0.1) is 0 Å². The van der Waals surface area contributed by atoms with Crippen LogP contribution in [-0.2, 0) is 9.53 Å². The van der Waals surface area contributed by atoms with Gasteiger partial charge in [0.25, 0.3) is 5.91 Å². The first-order chi connectivity index (χ1) is 9.40. The molecule has 0 spiro atoms. The van der Waals surface area contributed by atoms with Crippen molar-refractivity contribution in [1.29, 1.82) is 0 Å². The summed E-state index contributed by atoms with van der Waals surface area (Å²) in [5, 5.41) is 11.5. The first-order valence-corrected chi connectivity index (χ1v) is 6.22. The highest BCUT2D eigenvalue weighted by Crippen LogP contribution is 2.33. The number of halogens is 2. The molecule has 1 aromatic rings. The van der Waals surface area contributed by atoms with Gasteiger partial charge in [0, 0.05) is 12.7 Å². The number of hydrogen-bond donors (Lipinski definition) is 2. The molecule has 1 unspecified atom stereocenters. The molecule has 0 aromatic heterocycles. The van der Waals surface area contributed by atoms with Crippen LogP contribution in [0, 0.1) is 0 Å². The first-order valence-electron chi connectivity index (χ1n) is 5.46. The summed E-state index contributed by atoms with van der Waals surface area (Å²) in [6, 6.07) is 1.52. The summed E-state index contributed by atoms with van der Waals surface area (Å²) in [5.74, 6) is -1.58. The Balaban J connectivity index is 2.95. The number of carbonyl (C=O) groups is 2. The Kier molecular flexibility index (Phi) is 6.06. The van der Waals surface area contributed by atoms with E-state index in [0.717, 1.165) is 0 Å². The third-order valence-electron chi connectivity index (χ3n) is 2.40. The zero-order valence-corrected chi connectivity index (χ0v) is 12.3. The van der Waals surface area contributed by atoms with Crippen molar-refractivity contribution in [2.45, 2.75) is 6.04 Å². The summed E-state index contributed by atoms with van der Waals surface area (Å²) in [4.78, 5) is 22.9. The van der Waals surface area contributed by atoms with E-state index >= 15 is 0 Å². The van der Waals surface area contributed by atoms with Gasteiger partial charge >= 0.3 is 5.97 Å². The molecule has 20 heavy (non-hydrogen) atoms. The summed E-state index contributed by atoms with van der Waals surface area (Å²) in [6.07, 6.45) is 0. The smallest absolute Gasteiger partial charge is 0.328 e. The molecular formula is C12H13Cl2NO5. The van der Waals surface area contributed by atoms with Crippen LogP contribution in [0.4, 0.5) is 0 Å². The van der Waals surface area contributed by atoms with Crippen molar-refractivity contribution < 1.29 is 24.2 Å². The molecule has 0 bridgehead atoms. The first kappa shape index (κ1) is 16.6. The van der Waals surface area contributed by atoms with Gasteiger partial charge in [-0.3, -0.25) is 4.79 Å². The highest BCUT2D eigenvalue weighted by molar-refractivity contribution is 6.37. The van der Waals surface area contributed by atoms with Gasteiger partial charge in [0.05, 0.1) is 23.8 Å². The van der Waals surface area contributed by atoms with E-state index in [0.29, 0.717) is 0 Å². The van der Waals surface area contributed by atoms with Crippen molar-refractivity contribution in [2.75, 3.05) is 20.8 Å². The molecule has 0 aliphatic rings. The third-order valence-corrected chi connectivity index (χ3v) is 2.96. The molecule has 1 atom stereocenters. The molecule has 0 saturated heterocycles. The minimum atomic E-state index is -1.20. The fourth-order valence-electron chi connectivity index (χ4n) is 1.47. The van der Waals surface area contributed by atoms with Crippen LogP contribution in [0.15, 0.2) is 12.1 Å². The highest BCUT2D eigenvalue weighted by Gasteiger charge is 2.21. The zero-order chi connectivity index (χ0) is 15.3. The van der Waals surface area contributed by atoms with Gasteiger partial charge in [-0.25, -0.2) is 4.79 Å². The molecule has 6 nitrogen and oxygen atoms in total. The summed E-state index contributed by atoms with van der Waals surface area (Å²) in [6.45, 7) is -0.154. The molecule has 1 aromatic carbocycles. The van der Waals surface area contributed by atoms with E-state index in [4.69, 9.17) is 37.8 Å². The minimum Gasteiger partial charge on any atom is -0.494 e. The van der Waals surface area contributed by atoms with E-state index in [1.807, 2.05) is 0 Å². The Hall–Kier alpha value is -1.50. The van der Waals surface area contributed by atoms with E-state index in [-0.39, 0.29) is 28.0 Å². The lowest BCUT2D eigenvalue weighted by Crippen LogP contribution is -2.43. The highest BCUT2D eigenvalue weighted by atomic mass is 35.5. The maximum Gasteiger partial charge on any atom is 0.328 e. The average Bonchev–Trinajstić information content (AvgIpc) is 2.37. The van der Waals surface area contributed by atoms with E-state index in [1.165, 1.54) is 26.4 Å². The molecule has 2 N–H and O–H groups in total. The Labute approximate surface area is 125 Å². The number of hydrogen-bond acceptors (Lipinski definition) is 4. The number of benzene rings is 1. The van der Waals surface area contributed by atoms with Gasteiger partial charge in [-0.05, 0) is 12.1 Å². The quantitative estimate of drug-likeness (QED) is 0.835. The number of amides is 1. The lowest BCUT2D eigenvalue weighted by molar-refractivity contribution is -0.140. The van der Waals surface area contributed by atoms with Gasteiger partial charge < -0.3 is 19.9 Å². The number of ether oxygens (including phenoxy) is 2. The molecule has 0 fully saturated rings. The van der Waals surface area contributed by atoms with Crippen molar-refractivity contribution in [3.8, 4) is 5.75 Å². The van der Waals surface area contributed by atoms with Crippen LogP contribution >= 0.6 is 23.2 Å². The minimum absolute atomic E-state index is 0.128. The molecule has 1 rings (SSSR count). The van der Waals surface area contributed by atoms with Gasteiger partial charge in [0.1, 0.15) is 0 Å². The van der Waals surface area contributed by atoms with Crippen LogP contribution in [0.25, 0.3) is 0 Å². The maximum atomic E-state index is 12.0. The van der Waals surface area contributed by atoms with Crippen molar-refractivity contribution in [2.24, 2.45) is 0 Å². The third kappa shape index (κ3) is 4.00. The summed E-state index contributed by atoms with van der Waals surface area (Å²) >= 11 is 11.8. The molecule has 0 aliphatic carbocycles. The molecule has 0 heterocycles. The number of aliphatic carboxylic acids is 1. The van der Waals surface area contributed by atoms with E-state index in [9.17, 15) is 9.59 Å². The van der Waals surface area contributed by atoms with Crippen molar-refractivity contribution in [3.63, 3.8) is 0 Å². The maximum absolute atomic E-state index is 12.0. The topological polar surface area (TPSA) is 84.9 Å². The lowest BCUT2D eigenvalue weighted by atomic mass is 10.2. The second kappa shape index (κ2) is 7.33. The van der Waals surface area contributed by atoms with Crippen LogP contribution in [0.1, 0.15) is 10.4 Å². The molecule has 8 heteroatoms.